The fourth-order valence-electron chi connectivity index (χ4n) is 2.76. The van der Waals surface area contributed by atoms with E-state index in [1.165, 1.54) is 24.0 Å². The molecule has 1 heterocycles. The van der Waals surface area contributed by atoms with Crippen molar-refractivity contribution >= 4 is 0 Å². The maximum absolute atomic E-state index is 3.54. The Morgan fingerprint density at radius 1 is 1.27 bits per heavy atom. The molecule has 0 aliphatic carbocycles. The first kappa shape index (κ1) is 10.7. The van der Waals surface area contributed by atoms with Gasteiger partial charge >= 0.3 is 0 Å². The molecule has 1 nitrogen and oxygen atoms in total. The lowest BCUT2D eigenvalue weighted by Crippen LogP contribution is -2.29. The number of benzene rings is 1. The molecule has 2 rings (SSSR count). The van der Waals surface area contributed by atoms with Crippen molar-refractivity contribution in [3.8, 4) is 0 Å². The molecule has 0 fully saturated rings. The average molecular weight is 203 g/mol. The summed E-state index contributed by atoms with van der Waals surface area (Å²) in [5, 5.41) is 3.54. The smallest absolute Gasteiger partial charge is 0.0211 e. The van der Waals surface area contributed by atoms with Crippen molar-refractivity contribution in [2.45, 2.75) is 46.1 Å². The van der Waals surface area contributed by atoms with E-state index in [4.69, 9.17) is 0 Å². The van der Waals surface area contributed by atoms with E-state index < -0.39 is 0 Å². The van der Waals surface area contributed by atoms with Gasteiger partial charge in [-0.25, -0.2) is 0 Å². The van der Waals surface area contributed by atoms with Gasteiger partial charge in [-0.3, -0.25) is 0 Å². The van der Waals surface area contributed by atoms with Gasteiger partial charge in [0.05, 0.1) is 0 Å². The molecular formula is C14H21N. The minimum atomic E-state index is 0.735. The lowest BCUT2D eigenvalue weighted by molar-refractivity contribution is 0.505. The minimum absolute atomic E-state index is 0.735. The van der Waals surface area contributed by atoms with Crippen molar-refractivity contribution in [2.75, 3.05) is 6.54 Å². The lowest BCUT2D eigenvalue weighted by atomic mass is 9.83. The van der Waals surface area contributed by atoms with Crippen molar-refractivity contribution in [3.05, 3.63) is 34.4 Å². The first-order chi connectivity index (χ1) is 7.24. The third kappa shape index (κ3) is 1.93. The van der Waals surface area contributed by atoms with Crippen LogP contribution in [0.25, 0.3) is 0 Å². The molecule has 1 N–H and O–H groups in total. The van der Waals surface area contributed by atoms with Crippen molar-refractivity contribution in [2.24, 2.45) is 0 Å². The van der Waals surface area contributed by atoms with Crippen molar-refractivity contribution in [1.82, 2.24) is 5.32 Å². The molecule has 0 saturated heterocycles. The van der Waals surface area contributed by atoms with Crippen LogP contribution in [-0.2, 0) is 6.54 Å². The Morgan fingerprint density at radius 2 is 2.00 bits per heavy atom. The van der Waals surface area contributed by atoms with Crippen LogP contribution in [0.15, 0.2) is 12.1 Å². The van der Waals surface area contributed by atoms with E-state index in [9.17, 15) is 0 Å². The molecule has 1 aliphatic heterocycles. The average Bonchev–Trinajstić information content (AvgIpc) is 2.24. The number of hydrogen-bond donors (Lipinski definition) is 1. The predicted molar refractivity (Wildman–Crippen MR) is 65.3 cm³/mol. The second kappa shape index (κ2) is 4.36. The van der Waals surface area contributed by atoms with Crippen LogP contribution in [0.1, 0.15) is 47.9 Å². The summed E-state index contributed by atoms with van der Waals surface area (Å²) in [6, 6.07) is 4.53. The zero-order chi connectivity index (χ0) is 10.8. The van der Waals surface area contributed by atoms with Crippen molar-refractivity contribution < 1.29 is 0 Å². The quantitative estimate of drug-likeness (QED) is 0.777. The summed E-state index contributed by atoms with van der Waals surface area (Å²) >= 11 is 0. The molecule has 0 bridgehead atoms. The number of hydrogen-bond acceptors (Lipinski definition) is 1. The molecule has 1 aromatic carbocycles. The Bertz CT molecular complexity index is 355. The molecule has 0 amide bonds. The highest BCUT2D eigenvalue weighted by Gasteiger charge is 2.21. The largest absolute Gasteiger partial charge is 0.312 e. The van der Waals surface area contributed by atoms with Gasteiger partial charge in [-0.1, -0.05) is 25.5 Å². The topological polar surface area (TPSA) is 12.0 Å². The molecule has 1 heteroatoms. The van der Waals surface area contributed by atoms with Crippen LogP contribution in [0, 0.1) is 13.8 Å². The van der Waals surface area contributed by atoms with Gasteiger partial charge in [0.15, 0.2) is 0 Å². The van der Waals surface area contributed by atoms with Gasteiger partial charge in [-0.05, 0) is 48.4 Å². The minimum Gasteiger partial charge on any atom is -0.312 e. The normalized spacial score (nSPS) is 20.1. The highest BCUT2D eigenvalue weighted by Crippen LogP contribution is 2.32. The second-order valence-electron chi connectivity index (χ2n) is 4.71. The summed E-state index contributed by atoms with van der Waals surface area (Å²) < 4.78 is 0. The summed E-state index contributed by atoms with van der Waals surface area (Å²) in [5.41, 5.74) is 6.12. The maximum Gasteiger partial charge on any atom is 0.0211 e. The molecule has 1 atom stereocenters. The molecule has 0 aromatic heterocycles. The van der Waals surface area contributed by atoms with Crippen LogP contribution >= 0.6 is 0 Å². The Morgan fingerprint density at radius 3 is 2.73 bits per heavy atom. The molecule has 82 valence electrons. The molecular weight excluding hydrogens is 182 g/mol. The monoisotopic (exact) mass is 203 g/mol. The molecule has 1 aliphatic rings. The van der Waals surface area contributed by atoms with Gasteiger partial charge in [-0.2, -0.15) is 0 Å². The lowest BCUT2D eigenvalue weighted by Gasteiger charge is -2.29. The molecule has 0 spiro atoms. The summed E-state index contributed by atoms with van der Waals surface area (Å²) in [7, 11) is 0. The summed E-state index contributed by atoms with van der Waals surface area (Å²) in [6.07, 6.45) is 2.59. The van der Waals surface area contributed by atoms with Crippen LogP contribution in [0.3, 0.4) is 0 Å². The predicted octanol–water partition coefficient (Wildman–Crippen LogP) is 3.29. The van der Waals surface area contributed by atoms with E-state index in [2.05, 4.69) is 38.2 Å². The SMILES string of the molecule is CCCC1CNCc2c(C)ccc(C)c21. The van der Waals surface area contributed by atoms with E-state index in [1.807, 2.05) is 0 Å². The van der Waals surface area contributed by atoms with Gasteiger partial charge < -0.3 is 5.32 Å². The Kier molecular flexibility index (Phi) is 3.11. The Hall–Kier alpha value is -0.820. The third-order valence-corrected chi connectivity index (χ3v) is 3.55. The van der Waals surface area contributed by atoms with E-state index in [0.717, 1.165) is 19.0 Å². The Balaban J connectivity index is 2.45. The third-order valence-electron chi connectivity index (χ3n) is 3.55. The van der Waals surface area contributed by atoms with Gasteiger partial charge in [0.1, 0.15) is 0 Å². The van der Waals surface area contributed by atoms with Gasteiger partial charge in [0, 0.05) is 13.1 Å². The van der Waals surface area contributed by atoms with Gasteiger partial charge in [-0.15, -0.1) is 0 Å². The van der Waals surface area contributed by atoms with E-state index in [1.54, 1.807) is 11.1 Å². The molecule has 1 aromatic rings. The van der Waals surface area contributed by atoms with Crippen LogP contribution in [0.4, 0.5) is 0 Å². The second-order valence-corrected chi connectivity index (χ2v) is 4.71. The zero-order valence-corrected chi connectivity index (χ0v) is 10.1. The van der Waals surface area contributed by atoms with Crippen molar-refractivity contribution in [3.63, 3.8) is 0 Å². The summed E-state index contributed by atoms with van der Waals surface area (Å²) in [4.78, 5) is 0. The Labute approximate surface area is 92.9 Å². The fourth-order valence-corrected chi connectivity index (χ4v) is 2.76. The van der Waals surface area contributed by atoms with Crippen molar-refractivity contribution in [1.29, 1.82) is 0 Å². The van der Waals surface area contributed by atoms with Crippen LogP contribution in [0.5, 0.6) is 0 Å². The van der Waals surface area contributed by atoms with Gasteiger partial charge in [0.2, 0.25) is 0 Å². The van der Waals surface area contributed by atoms with E-state index in [-0.39, 0.29) is 0 Å². The van der Waals surface area contributed by atoms with E-state index in [0.29, 0.717) is 0 Å². The van der Waals surface area contributed by atoms with Crippen LogP contribution < -0.4 is 5.32 Å². The highest BCUT2D eigenvalue weighted by molar-refractivity contribution is 5.43. The number of rotatable bonds is 2. The standard InChI is InChI=1S/C14H21N/c1-4-5-12-8-15-9-13-10(2)6-7-11(3)14(12)13/h6-7,12,15H,4-5,8-9H2,1-3H3. The molecule has 1 unspecified atom stereocenters. The van der Waals surface area contributed by atoms with Gasteiger partial charge in [0.25, 0.3) is 0 Å². The fraction of sp³-hybridized carbons (Fsp3) is 0.571. The first-order valence-electron chi connectivity index (χ1n) is 6.03. The molecule has 15 heavy (non-hydrogen) atoms. The van der Waals surface area contributed by atoms with E-state index >= 15 is 0 Å². The molecule has 0 radical (unpaired) electrons. The summed E-state index contributed by atoms with van der Waals surface area (Å²) in [5.74, 6) is 0.735. The summed E-state index contributed by atoms with van der Waals surface area (Å²) in [6.45, 7) is 8.98. The first-order valence-corrected chi connectivity index (χ1v) is 6.03. The number of fused-ring (bicyclic) bond motifs is 1. The number of nitrogens with one attached hydrogen (secondary N) is 1. The van der Waals surface area contributed by atoms with Crippen LogP contribution in [-0.4, -0.2) is 6.54 Å². The molecule has 0 saturated carbocycles. The number of aryl methyl sites for hydroxylation is 2. The maximum atomic E-state index is 3.54. The highest BCUT2D eigenvalue weighted by atomic mass is 14.9. The zero-order valence-electron chi connectivity index (χ0n) is 10.1. The van der Waals surface area contributed by atoms with Crippen LogP contribution in [0.2, 0.25) is 0 Å².